The number of amides is 1. The lowest BCUT2D eigenvalue weighted by Gasteiger charge is -2.35. The van der Waals surface area contributed by atoms with Crippen LogP contribution in [0.3, 0.4) is 0 Å². The van der Waals surface area contributed by atoms with Crippen LogP contribution in [-0.2, 0) is 29.2 Å². The van der Waals surface area contributed by atoms with E-state index in [0.29, 0.717) is 25.2 Å². The zero-order valence-corrected chi connectivity index (χ0v) is 19.3. The van der Waals surface area contributed by atoms with Crippen LogP contribution in [-0.4, -0.2) is 48.1 Å². The SMILES string of the molecule is C=CCN(C=O)Cc1c(C)cccc1NCc1cc(CN2CC(C)OC(C)C2)ccc1F. The van der Waals surface area contributed by atoms with Gasteiger partial charge in [-0.3, -0.25) is 9.69 Å². The standard InChI is InChI=1S/C26H34FN3O2/c1-5-11-29(18-31)17-24-19(2)7-6-8-26(24)28-13-23-12-22(9-10-25(23)27)16-30-14-20(3)32-21(4)15-30/h5-10,12,18,20-21,28H,1,11,13-17H2,2-4H3. The normalized spacial score (nSPS) is 18.9. The van der Waals surface area contributed by atoms with E-state index in [2.05, 4.69) is 30.6 Å². The number of carbonyl (C=O) groups excluding carboxylic acids is 1. The molecule has 172 valence electrons. The highest BCUT2D eigenvalue weighted by atomic mass is 19.1. The molecule has 5 nitrogen and oxygen atoms in total. The van der Waals surface area contributed by atoms with E-state index in [-0.39, 0.29) is 18.0 Å². The quantitative estimate of drug-likeness (QED) is 0.437. The molecule has 2 aromatic rings. The Bertz CT molecular complexity index is 923. The van der Waals surface area contributed by atoms with E-state index in [1.807, 2.05) is 37.3 Å². The number of nitrogens with zero attached hydrogens (tertiary/aromatic N) is 2. The van der Waals surface area contributed by atoms with Gasteiger partial charge in [-0.15, -0.1) is 6.58 Å². The maximum Gasteiger partial charge on any atom is 0.210 e. The number of hydrogen-bond acceptors (Lipinski definition) is 4. The fourth-order valence-electron chi connectivity index (χ4n) is 4.32. The van der Waals surface area contributed by atoms with Crippen molar-refractivity contribution in [2.24, 2.45) is 0 Å². The minimum atomic E-state index is -0.222. The van der Waals surface area contributed by atoms with E-state index in [1.54, 1.807) is 17.0 Å². The first kappa shape index (κ1) is 24.0. The molecule has 2 aromatic carbocycles. The molecule has 0 saturated carbocycles. The first-order valence-corrected chi connectivity index (χ1v) is 11.2. The van der Waals surface area contributed by atoms with Crippen LogP contribution in [0.15, 0.2) is 49.1 Å². The Labute approximate surface area is 190 Å². The second-order valence-corrected chi connectivity index (χ2v) is 8.66. The number of halogens is 1. The summed E-state index contributed by atoms with van der Waals surface area (Å²) in [5, 5.41) is 3.39. The molecule has 0 spiro atoms. The van der Waals surface area contributed by atoms with Crippen molar-refractivity contribution in [3.63, 3.8) is 0 Å². The lowest BCUT2D eigenvalue weighted by molar-refractivity contribution is -0.118. The van der Waals surface area contributed by atoms with Crippen LogP contribution in [0.5, 0.6) is 0 Å². The monoisotopic (exact) mass is 439 g/mol. The molecule has 1 aliphatic heterocycles. The summed E-state index contributed by atoms with van der Waals surface area (Å²) in [5.41, 5.74) is 4.72. The summed E-state index contributed by atoms with van der Waals surface area (Å²) in [7, 11) is 0. The zero-order chi connectivity index (χ0) is 23.1. The van der Waals surface area contributed by atoms with Crippen molar-refractivity contribution >= 4 is 12.1 Å². The summed E-state index contributed by atoms with van der Waals surface area (Å²) in [6, 6.07) is 11.3. The van der Waals surface area contributed by atoms with Crippen LogP contribution in [0, 0.1) is 12.7 Å². The van der Waals surface area contributed by atoms with Gasteiger partial charge in [-0.1, -0.05) is 24.3 Å². The molecule has 0 aromatic heterocycles. The summed E-state index contributed by atoms with van der Waals surface area (Å²) in [6.07, 6.45) is 2.93. The van der Waals surface area contributed by atoms with E-state index >= 15 is 0 Å². The van der Waals surface area contributed by atoms with Crippen LogP contribution in [0.2, 0.25) is 0 Å². The molecule has 0 radical (unpaired) electrons. The highest BCUT2D eigenvalue weighted by molar-refractivity contribution is 5.57. The molecule has 3 rings (SSSR count). The maximum absolute atomic E-state index is 14.6. The molecule has 0 aliphatic carbocycles. The van der Waals surface area contributed by atoms with Gasteiger partial charge in [0.1, 0.15) is 5.82 Å². The van der Waals surface area contributed by atoms with Crippen LogP contribution >= 0.6 is 0 Å². The van der Waals surface area contributed by atoms with Gasteiger partial charge < -0.3 is 15.0 Å². The molecule has 32 heavy (non-hydrogen) atoms. The summed E-state index contributed by atoms with van der Waals surface area (Å²) in [4.78, 5) is 15.4. The summed E-state index contributed by atoms with van der Waals surface area (Å²) in [6.45, 7) is 13.7. The molecule has 1 heterocycles. The summed E-state index contributed by atoms with van der Waals surface area (Å²) in [5.74, 6) is -0.222. The molecule has 1 N–H and O–H groups in total. The molecular formula is C26H34FN3O2. The molecule has 1 aliphatic rings. The van der Waals surface area contributed by atoms with E-state index < -0.39 is 0 Å². The number of anilines is 1. The van der Waals surface area contributed by atoms with E-state index in [9.17, 15) is 9.18 Å². The third kappa shape index (κ3) is 6.40. The van der Waals surface area contributed by atoms with E-state index in [1.165, 1.54) is 0 Å². The fraction of sp³-hybridized carbons (Fsp3) is 0.423. The van der Waals surface area contributed by atoms with Gasteiger partial charge in [0.2, 0.25) is 6.41 Å². The van der Waals surface area contributed by atoms with Gasteiger partial charge in [0.05, 0.1) is 12.2 Å². The Hall–Kier alpha value is -2.70. The number of carbonyl (C=O) groups is 1. The summed E-state index contributed by atoms with van der Waals surface area (Å²) < 4.78 is 20.4. The maximum atomic E-state index is 14.6. The third-order valence-electron chi connectivity index (χ3n) is 5.76. The van der Waals surface area contributed by atoms with Crippen molar-refractivity contribution < 1.29 is 13.9 Å². The average Bonchev–Trinajstić information content (AvgIpc) is 2.74. The van der Waals surface area contributed by atoms with Gasteiger partial charge in [-0.2, -0.15) is 0 Å². The first-order valence-electron chi connectivity index (χ1n) is 11.2. The van der Waals surface area contributed by atoms with E-state index in [4.69, 9.17) is 4.74 Å². The van der Waals surface area contributed by atoms with Crippen molar-refractivity contribution in [3.05, 3.63) is 77.1 Å². The second-order valence-electron chi connectivity index (χ2n) is 8.66. The van der Waals surface area contributed by atoms with Crippen molar-refractivity contribution in [2.45, 2.75) is 52.6 Å². The van der Waals surface area contributed by atoms with Gasteiger partial charge in [0.15, 0.2) is 0 Å². The third-order valence-corrected chi connectivity index (χ3v) is 5.76. The highest BCUT2D eigenvalue weighted by Gasteiger charge is 2.22. The number of ether oxygens (including phenoxy) is 1. The molecule has 2 atom stereocenters. The molecule has 6 heteroatoms. The minimum absolute atomic E-state index is 0.201. The van der Waals surface area contributed by atoms with Gasteiger partial charge >= 0.3 is 0 Å². The van der Waals surface area contributed by atoms with Crippen molar-refractivity contribution in [1.82, 2.24) is 9.80 Å². The average molecular weight is 440 g/mol. The second kappa shape index (κ2) is 11.2. The molecule has 2 unspecified atom stereocenters. The zero-order valence-electron chi connectivity index (χ0n) is 19.3. The number of aryl methyl sites for hydroxylation is 1. The van der Waals surface area contributed by atoms with Gasteiger partial charge in [0.25, 0.3) is 0 Å². The fourth-order valence-corrected chi connectivity index (χ4v) is 4.32. The Morgan fingerprint density at radius 1 is 1.25 bits per heavy atom. The Kier molecular flexibility index (Phi) is 8.42. The lowest BCUT2D eigenvalue weighted by Crippen LogP contribution is -2.44. The van der Waals surface area contributed by atoms with E-state index in [0.717, 1.165) is 48.4 Å². The van der Waals surface area contributed by atoms with Crippen molar-refractivity contribution in [1.29, 1.82) is 0 Å². The molecule has 1 amide bonds. The van der Waals surface area contributed by atoms with Gasteiger partial charge in [0, 0.05) is 50.5 Å². The Balaban J connectivity index is 1.72. The predicted octanol–water partition coefficient (Wildman–Crippen LogP) is 4.50. The molecular weight excluding hydrogens is 405 g/mol. The van der Waals surface area contributed by atoms with Crippen LogP contribution in [0.1, 0.15) is 36.1 Å². The first-order chi connectivity index (χ1) is 15.4. The smallest absolute Gasteiger partial charge is 0.210 e. The lowest BCUT2D eigenvalue weighted by atomic mass is 10.0. The Morgan fingerprint density at radius 3 is 2.69 bits per heavy atom. The van der Waals surface area contributed by atoms with Gasteiger partial charge in [-0.05, 0) is 55.7 Å². The van der Waals surface area contributed by atoms with Crippen LogP contribution in [0.25, 0.3) is 0 Å². The predicted molar refractivity (Wildman–Crippen MR) is 127 cm³/mol. The molecule has 1 saturated heterocycles. The number of benzene rings is 2. The highest BCUT2D eigenvalue weighted by Crippen LogP contribution is 2.23. The minimum Gasteiger partial charge on any atom is -0.381 e. The number of nitrogens with one attached hydrogen (secondary N) is 1. The van der Waals surface area contributed by atoms with Crippen LogP contribution in [0.4, 0.5) is 10.1 Å². The molecule has 0 bridgehead atoms. The number of rotatable bonds is 10. The van der Waals surface area contributed by atoms with Gasteiger partial charge in [-0.25, -0.2) is 4.39 Å². The van der Waals surface area contributed by atoms with Crippen LogP contribution < -0.4 is 5.32 Å². The number of hydrogen-bond donors (Lipinski definition) is 1. The summed E-state index contributed by atoms with van der Waals surface area (Å²) >= 11 is 0. The van der Waals surface area contributed by atoms with Crippen molar-refractivity contribution in [2.75, 3.05) is 25.0 Å². The van der Waals surface area contributed by atoms with Crippen molar-refractivity contribution in [3.8, 4) is 0 Å². The largest absolute Gasteiger partial charge is 0.381 e. The number of morpholine rings is 1. The Morgan fingerprint density at radius 2 is 2.00 bits per heavy atom. The molecule has 1 fully saturated rings. The topological polar surface area (TPSA) is 44.8 Å².